The van der Waals surface area contributed by atoms with E-state index in [-0.39, 0.29) is 16.2 Å². The molecule has 150 valence electrons. The number of rotatable bonds is 7. The molecule has 0 saturated carbocycles. The molecule has 2 aromatic rings. The second kappa shape index (κ2) is 9.50. The first-order valence-electron chi connectivity index (χ1n) is 8.08. The average Bonchev–Trinajstić information content (AvgIpc) is 2.70. The second-order valence-electron chi connectivity index (χ2n) is 5.64. The van der Waals surface area contributed by atoms with Crippen LogP contribution >= 0.6 is 0 Å². The normalized spacial score (nSPS) is 11.3. The summed E-state index contributed by atoms with van der Waals surface area (Å²) in [7, 11) is -2.41. The number of nitriles is 1. The van der Waals surface area contributed by atoms with Gasteiger partial charge in [-0.05, 0) is 42.0 Å². The van der Waals surface area contributed by atoms with Crippen molar-refractivity contribution >= 4 is 33.7 Å². The summed E-state index contributed by atoms with van der Waals surface area (Å²) in [4.78, 5) is 23.8. The molecule has 0 heterocycles. The number of ether oxygens (including phenoxy) is 2. The van der Waals surface area contributed by atoms with Crippen molar-refractivity contribution in [1.29, 1.82) is 5.26 Å². The van der Waals surface area contributed by atoms with Gasteiger partial charge < -0.3 is 14.8 Å². The van der Waals surface area contributed by atoms with E-state index in [9.17, 15) is 18.0 Å². The Bertz CT molecular complexity index is 1090. The fourth-order valence-corrected chi connectivity index (χ4v) is 2.72. The van der Waals surface area contributed by atoms with E-state index in [1.807, 2.05) is 0 Å². The summed E-state index contributed by atoms with van der Waals surface area (Å²) in [5.41, 5.74) is 0.439. The van der Waals surface area contributed by atoms with Crippen LogP contribution in [-0.4, -0.2) is 34.0 Å². The number of methoxy groups -OCH3 is 1. The predicted octanol–water partition coefficient (Wildman–Crippen LogP) is 1.43. The van der Waals surface area contributed by atoms with Crippen LogP contribution < -0.4 is 15.2 Å². The highest BCUT2D eigenvalue weighted by molar-refractivity contribution is 7.89. The Morgan fingerprint density at radius 3 is 2.48 bits per heavy atom. The molecule has 3 N–H and O–H groups in total. The Kier molecular flexibility index (Phi) is 7.08. The van der Waals surface area contributed by atoms with E-state index in [0.717, 1.165) is 0 Å². The number of nitrogens with zero attached hydrogens (tertiary/aromatic N) is 1. The number of nitrogens with two attached hydrogens (primary N) is 1. The fraction of sp³-hybridized carbons (Fsp3) is 0.105. The van der Waals surface area contributed by atoms with E-state index in [4.69, 9.17) is 19.9 Å². The quantitative estimate of drug-likeness (QED) is 0.395. The zero-order valence-corrected chi connectivity index (χ0v) is 16.1. The Hall–Kier alpha value is -3.68. The van der Waals surface area contributed by atoms with Crippen molar-refractivity contribution in [2.45, 2.75) is 4.90 Å². The first-order chi connectivity index (χ1) is 13.7. The van der Waals surface area contributed by atoms with Crippen LogP contribution in [0.25, 0.3) is 6.08 Å². The van der Waals surface area contributed by atoms with Crippen molar-refractivity contribution in [2.75, 3.05) is 19.0 Å². The lowest BCUT2D eigenvalue weighted by atomic mass is 10.1. The summed E-state index contributed by atoms with van der Waals surface area (Å²) in [5, 5.41) is 16.6. The van der Waals surface area contributed by atoms with Gasteiger partial charge in [0, 0.05) is 5.69 Å². The summed E-state index contributed by atoms with van der Waals surface area (Å²) in [5.74, 6) is -1.07. The molecule has 2 aromatic carbocycles. The van der Waals surface area contributed by atoms with Crippen molar-refractivity contribution in [3.8, 4) is 11.8 Å². The third-order valence-corrected chi connectivity index (χ3v) is 4.46. The molecular weight excluding hydrogens is 398 g/mol. The Labute approximate surface area is 167 Å². The van der Waals surface area contributed by atoms with E-state index in [0.29, 0.717) is 11.3 Å². The largest absolute Gasteiger partial charge is 0.497 e. The van der Waals surface area contributed by atoms with Gasteiger partial charge in [0.15, 0.2) is 6.61 Å². The Morgan fingerprint density at radius 1 is 1.21 bits per heavy atom. The van der Waals surface area contributed by atoms with E-state index >= 15 is 0 Å². The van der Waals surface area contributed by atoms with Crippen molar-refractivity contribution in [3.63, 3.8) is 0 Å². The number of nitrogens with one attached hydrogen (secondary N) is 1. The fourth-order valence-electron chi connectivity index (χ4n) is 2.16. The maximum Gasteiger partial charge on any atom is 0.349 e. The average molecular weight is 415 g/mol. The van der Waals surface area contributed by atoms with Gasteiger partial charge in [0.1, 0.15) is 17.4 Å². The molecule has 29 heavy (non-hydrogen) atoms. The molecule has 0 radical (unpaired) electrons. The third-order valence-electron chi connectivity index (χ3n) is 3.55. The number of primary sulfonamides is 1. The first-order valence-corrected chi connectivity index (χ1v) is 9.63. The number of hydrogen-bond acceptors (Lipinski definition) is 7. The third kappa shape index (κ3) is 6.46. The van der Waals surface area contributed by atoms with Gasteiger partial charge in [-0.1, -0.05) is 18.2 Å². The molecule has 0 saturated heterocycles. The molecule has 10 heteroatoms. The Balaban J connectivity index is 1.99. The van der Waals surface area contributed by atoms with Gasteiger partial charge in [-0.3, -0.25) is 4.79 Å². The van der Waals surface area contributed by atoms with Crippen molar-refractivity contribution in [2.24, 2.45) is 5.14 Å². The van der Waals surface area contributed by atoms with Crippen LogP contribution in [0.2, 0.25) is 0 Å². The van der Waals surface area contributed by atoms with Crippen LogP contribution in [0, 0.1) is 11.3 Å². The van der Waals surface area contributed by atoms with Crippen molar-refractivity contribution < 1.29 is 27.5 Å². The standard InChI is InChI=1S/C19H17N3O6S/c1-27-16-7-5-13(6-8-16)9-14(11-20)19(24)28-12-18(23)22-15-3-2-4-17(10-15)29(21,25)26/h2-10H,12H2,1H3,(H,22,23)(H2,21,25,26)/b14-9+. The lowest BCUT2D eigenvalue weighted by Crippen LogP contribution is -2.21. The number of esters is 1. The molecular formula is C19H17N3O6S. The second-order valence-corrected chi connectivity index (χ2v) is 7.20. The molecule has 0 aromatic heterocycles. The van der Waals surface area contributed by atoms with Crippen LogP contribution in [0.15, 0.2) is 59.0 Å². The van der Waals surface area contributed by atoms with Crippen LogP contribution in [0.3, 0.4) is 0 Å². The van der Waals surface area contributed by atoms with Gasteiger partial charge in [0.05, 0.1) is 12.0 Å². The van der Waals surface area contributed by atoms with Crippen LogP contribution in [0.1, 0.15) is 5.56 Å². The molecule has 1 amide bonds. The van der Waals surface area contributed by atoms with Gasteiger partial charge >= 0.3 is 5.97 Å². The zero-order valence-electron chi connectivity index (χ0n) is 15.3. The zero-order chi connectivity index (χ0) is 21.4. The highest BCUT2D eigenvalue weighted by Crippen LogP contribution is 2.15. The summed E-state index contributed by atoms with van der Waals surface area (Å²) in [6, 6.07) is 13.6. The van der Waals surface area contributed by atoms with Crippen LogP contribution in [0.5, 0.6) is 5.75 Å². The molecule has 0 bridgehead atoms. The molecule has 2 rings (SSSR count). The SMILES string of the molecule is COc1ccc(/C=C(\C#N)C(=O)OCC(=O)Nc2cccc(S(N)(=O)=O)c2)cc1. The van der Waals surface area contributed by atoms with E-state index in [2.05, 4.69) is 5.32 Å². The van der Waals surface area contributed by atoms with Gasteiger partial charge in [0.2, 0.25) is 10.0 Å². The molecule has 0 spiro atoms. The monoisotopic (exact) mass is 415 g/mol. The summed E-state index contributed by atoms with van der Waals surface area (Å²) in [6.45, 7) is -0.667. The summed E-state index contributed by atoms with van der Waals surface area (Å²) >= 11 is 0. The number of benzene rings is 2. The maximum absolute atomic E-state index is 12.0. The predicted molar refractivity (Wildman–Crippen MR) is 104 cm³/mol. The van der Waals surface area contributed by atoms with E-state index < -0.39 is 28.5 Å². The minimum atomic E-state index is -3.92. The smallest absolute Gasteiger partial charge is 0.349 e. The lowest BCUT2D eigenvalue weighted by molar-refractivity contribution is -0.142. The highest BCUT2D eigenvalue weighted by Gasteiger charge is 2.14. The molecule has 0 aliphatic rings. The van der Waals surface area contributed by atoms with Crippen molar-refractivity contribution in [3.05, 3.63) is 59.7 Å². The minimum Gasteiger partial charge on any atom is -0.497 e. The molecule has 0 fully saturated rings. The van der Waals surface area contributed by atoms with E-state index in [1.165, 1.54) is 37.5 Å². The number of carbonyl (C=O) groups is 2. The number of carbonyl (C=O) groups excluding carboxylic acids is 2. The molecule has 0 atom stereocenters. The van der Waals surface area contributed by atoms with Gasteiger partial charge in [-0.2, -0.15) is 5.26 Å². The number of sulfonamides is 1. The van der Waals surface area contributed by atoms with E-state index in [1.54, 1.807) is 30.3 Å². The number of amides is 1. The minimum absolute atomic E-state index is 0.159. The number of hydrogen-bond donors (Lipinski definition) is 2. The number of anilines is 1. The van der Waals surface area contributed by atoms with Crippen LogP contribution in [0.4, 0.5) is 5.69 Å². The Morgan fingerprint density at radius 2 is 1.90 bits per heavy atom. The first kappa shape index (κ1) is 21.6. The van der Waals surface area contributed by atoms with Crippen LogP contribution in [-0.2, 0) is 24.3 Å². The summed E-state index contributed by atoms with van der Waals surface area (Å²) in [6.07, 6.45) is 1.31. The van der Waals surface area contributed by atoms with Crippen molar-refractivity contribution in [1.82, 2.24) is 0 Å². The lowest BCUT2D eigenvalue weighted by Gasteiger charge is -2.07. The molecule has 0 unspecified atom stereocenters. The maximum atomic E-state index is 12.0. The van der Waals surface area contributed by atoms with Gasteiger partial charge in [-0.25, -0.2) is 18.4 Å². The molecule has 9 nitrogen and oxygen atoms in total. The van der Waals surface area contributed by atoms with Gasteiger partial charge in [-0.15, -0.1) is 0 Å². The molecule has 0 aliphatic heterocycles. The summed E-state index contributed by atoms with van der Waals surface area (Å²) < 4.78 is 32.5. The van der Waals surface area contributed by atoms with Gasteiger partial charge in [0.25, 0.3) is 5.91 Å². The highest BCUT2D eigenvalue weighted by atomic mass is 32.2. The topological polar surface area (TPSA) is 149 Å². The molecule has 0 aliphatic carbocycles.